The SMILES string of the molecule is COc1cc2c(cc1S(=O)(=O)N1CCNC[C@@H]1C)OCC(=O)N2. The van der Waals surface area contributed by atoms with Gasteiger partial charge in [0.2, 0.25) is 10.0 Å². The molecule has 0 unspecified atom stereocenters. The summed E-state index contributed by atoms with van der Waals surface area (Å²) in [7, 11) is -2.33. The average Bonchev–Trinajstić information content (AvgIpc) is 2.53. The van der Waals surface area contributed by atoms with Gasteiger partial charge in [0.05, 0.1) is 12.8 Å². The molecule has 0 aromatic heterocycles. The second-order valence-electron chi connectivity index (χ2n) is 5.50. The Morgan fingerprint density at radius 1 is 1.39 bits per heavy atom. The third-order valence-corrected chi connectivity index (χ3v) is 5.96. The summed E-state index contributed by atoms with van der Waals surface area (Å²) < 4.78 is 38.0. The van der Waals surface area contributed by atoms with E-state index in [0.29, 0.717) is 31.1 Å². The Balaban J connectivity index is 2.06. The number of ether oxygens (including phenoxy) is 2. The van der Waals surface area contributed by atoms with Gasteiger partial charge in [0.25, 0.3) is 5.91 Å². The summed E-state index contributed by atoms with van der Waals surface area (Å²) in [5.74, 6) is 0.220. The molecule has 9 heteroatoms. The molecule has 0 saturated carbocycles. The van der Waals surface area contributed by atoms with E-state index in [9.17, 15) is 13.2 Å². The first kappa shape index (κ1) is 16.0. The number of carbonyl (C=O) groups is 1. The highest BCUT2D eigenvalue weighted by Gasteiger charge is 2.34. The van der Waals surface area contributed by atoms with Crippen molar-refractivity contribution in [2.45, 2.75) is 17.9 Å². The predicted molar refractivity (Wildman–Crippen MR) is 83.3 cm³/mol. The van der Waals surface area contributed by atoms with Gasteiger partial charge in [-0.25, -0.2) is 8.42 Å². The minimum atomic E-state index is -3.73. The zero-order valence-electron chi connectivity index (χ0n) is 13.0. The molecule has 0 spiro atoms. The van der Waals surface area contributed by atoms with Crippen LogP contribution in [0, 0.1) is 0 Å². The lowest BCUT2D eigenvalue weighted by molar-refractivity contribution is -0.118. The average molecular weight is 341 g/mol. The van der Waals surface area contributed by atoms with E-state index in [-0.39, 0.29) is 29.2 Å². The maximum absolute atomic E-state index is 13.0. The fraction of sp³-hybridized carbons (Fsp3) is 0.500. The van der Waals surface area contributed by atoms with Crippen molar-refractivity contribution in [3.05, 3.63) is 12.1 Å². The summed E-state index contributed by atoms with van der Waals surface area (Å²) in [6, 6.07) is 2.74. The van der Waals surface area contributed by atoms with Crippen LogP contribution in [0.15, 0.2) is 17.0 Å². The number of nitrogens with zero attached hydrogens (tertiary/aromatic N) is 1. The topological polar surface area (TPSA) is 97.0 Å². The summed E-state index contributed by atoms with van der Waals surface area (Å²) in [4.78, 5) is 11.4. The lowest BCUT2D eigenvalue weighted by Gasteiger charge is -2.33. The monoisotopic (exact) mass is 341 g/mol. The van der Waals surface area contributed by atoms with E-state index in [1.54, 1.807) is 0 Å². The molecule has 23 heavy (non-hydrogen) atoms. The van der Waals surface area contributed by atoms with Crippen LogP contribution in [0.25, 0.3) is 0 Å². The molecule has 2 aliphatic heterocycles. The third kappa shape index (κ3) is 2.87. The first-order chi connectivity index (χ1) is 10.9. The lowest BCUT2D eigenvalue weighted by Crippen LogP contribution is -2.52. The lowest BCUT2D eigenvalue weighted by atomic mass is 10.2. The van der Waals surface area contributed by atoms with Crippen molar-refractivity contribution < 1.29 is 22.7 Å². The summed E-state index contributed by atoms with van der Waals surface area (Å²) in [6.07, 6.45) is 0. The van der Waals surface area contributed by atoms with Gasteiger partial charge >= 0.3 is 0 Å². The summed E-state index contributed by atoms with van der Waals surface area (Å²) in [5, 5.41) is 5.80. The van der Waals surface area contributed by atoms with Gasteiger partial charge in [0.15, 0.2) is 6.61 Å². The quantitative estimate of drug-likeness (QED) is 0.804. The van der Waals surface area contributed by atoms with Crippen LogP contribution in [-0.4, -0.2) is 58.0 Å². The molecule has 0 aliphatic carbocycles. The van der Waals surface area contributed by atoms with Gasteiger partial charge in [-0.15, -0.1) is 0 Å². The van der Waals surface area contributed by atoms with Crippen molar-refractivity contribution in [3.8, 4) is 11.5 Å². The molecule has 1 fully saturated rings. The second-order valence-corrected chi connectivity index (χ2v) is 7.36. The summed E-state index contributed by atoms with van der Waals surface area (Å²) in [6.45, 7) is 3.30. The number of fused-ring (bicyclic) bond motifs is 1. The van der Waals surface area contributed by atoms with Crippen molar-refractivity contribution in [3.63, 3.8) is 0 Å². The number of amides is 1. The number of methoxy groups -OCH3 is 1. The van der Waals surface area contributed by atoms with E-state index >= 15 is 0 Å². The Morgan fingerprint density at radius 2 is 2.17 bits per heavy atom. The van der Waals surface area contributed by atoms with E-state index in [2.05, 4.69) is 10.6 Å². The zero-order chi connectivity index (χ0) is 16.6. The van der Waals surface area contributed by atoms with Crippen molar-refractivity contribution >= 4 is 21.6 Å². The van der Waals surface area contributed by atoms with Crippen molar-refractivity contribution in [1.82, 2.24) is 9.62 Å². The van der Waals surface area contributed by atoms with E-state index in [1.165, 1.54) is 23.5 Å². The largest absolute Gasteiger partial charge is 0.495 e. The number of anilines is 1. The van der Waals surface area contributed by atoms with E-state index in [1.807, 2.05) is 6.92 Å². The van der Waals surface area contributed by atoms with Gasteiger partial charge in [-0.2, -0.15) is 4.31 Å². The van der Waals surface area contributed by atoms with Crippen LogP contribution < -0.4 is 20.1 Å². The van der Waals surface area contributed by atoms with Crippen LogP contribution in [0.3, 0.4) is 0 Å². The molecule has 0 bridgehead atoms. The Bertz CT molecular complexity index is 734. The molecule has 1 aromatic rings. The molecular weight excluding hydrogens is 322 g/mol. The van der Waals surface area contributed by atoms with E-state index in [0.717, 1.165) is 0 Å². The Kier molecular flexibility index (Phi) is 4.17. The molecule has 2 heterocycles. The first-order valence-electron chi connectivity index (χ1n) is 7.30. The van der Waals surface area contributed by atoms with E-state index < -0.39 is 10.0 Å². The Labute approximate surface area is 134 Å². The number of hydrogen-bond acceptors (Lipinski definition) is 6. The predicted octanol–water partition coefficient (Wildman–Crippen LogP) is 0.00850. The van der Waals surface area contributed by atoms with Crippen molar-refractivity contribution in [1.29, 1.82) is 0 Å². The van der Waals surface area contributed by atoms with Crippen LogP contribution in [-0.2, 0) is 14.8 Å². The highest BCUT2D eigenvalue weighted by Crippen LogP contribution is 2.38. The van der Waals surface area contributed by atoms with Gasteiger partial charge in [-0.3, -0.25) is 4.79 Å². The Hall–Kier alpha value is -1.84. The first-order valence-corrected chi connectivity index (χ1v) is 8.74. The van der Waals surface area contributed by atoms with Gasteiger partial charge in [-0.05, 0) is 6.92 Å². The number of carbonyl (C=O) groups excluding carboxylic acids is 1. The van der Waals surface area contributed by atoms with Crippen LogP contribution in [0.2, 0.25) is 0 Å². The maximum Gasteiger partial charge on any atom is 0.262 e. The molecule has 2 N–H and O–H groups in total. The normalized spacial score (nSPS) is 22.0. The number of sulfonamides is 1. The maximum atomic E-state index is 13.0. The standard InChI is InChI=1S/C14H19N3O5S/c1-9-7-15-3-4-17(9)23(19,20)13-6-11-10(5-12(13)21-2)16-14(18)8-22-11/h5-6,9,15H,3-4,7-8H2,1-2H3,(H,16,18)/t9-/m0/s1. The minimum Gasteiger partial charge on any atom is -0.495 e. The number of piperazine rings is 1. The van der Waals surface area contributed by atoms with Gasteiger partial charge in [-0.1, -0.05) is 0 Å². The zero-order valence-corrected chi connectivity index (χ0v) is 13.8. The molecule has 1 saturated heterocycles. The fourth-order valence-electron chi connectivity index (χ4n) is 2.75. The van der Waals surface area contributed by atoms with Crippen molar-refractivity contribution in [2.75, 3.05) is 38.7 Å². The highest BCUT2D eigenvalue weighted by molar-refractivity contribution is 7.89. The van der Waals surface area contributed by atoms with Crippen LogP contribution >= 0.6 is 0 Å². The number of rotatable bonds is 3. The Morgan fingerprint density at radius 3 is 2.87 bits per heavy atom. The van der Waals surface area contributed by atoms with Gasteiger partial charge in [0.1, 0.15) is 16.4 Å². The summed E-state index contributed by atoms with van der Waals surface area (Å²) >= 11 is 0. The fourth-order valence-corrected chi connectivity index (χ4v) is 4.54. The van der Waals surface area contributed by atoms with E-state index in [4.69, 9.17) is 9.47 Å². The molecule has 1 amide bonds. The number of hydrogen-bond donors (Lipinski definition) is 2. The van der Waals surface area contributed by atoms with Crippen LogP contribution in [0.4, 0.5) is 5.69 Å². The molecule has 8 nitrogen and oxygen atoms in total. The van der Waals surface area contributed by atoms with Gasteiger partial charge < -0.3 is 20.1 Å². The van der Waals surface area contributed by atoms with Crippen LogP contribution in [0.1, 0.15) is 6.92 Å². The molecule has 1 aromatic carbocycles. The second kappa shape index (κ2) is 5.99. The highest BCUT2D eigenvalue weighted by atomic mass is 32.2. The molecular formula is C14H19N3O5S. The van der Waals surface area contributed by atoms with Crippen molar-refractivity contribution in [2.24, 2.45) is 0 Å². The third-order valence-electron chi connectivity index (χ3n) is 3.93. The minimum absolute atomic E-state index is 0.0450. The van der Waals surface area contributed by atoms with Gasteiger partial charge in [0, 0.05) is 37.8 Å². The smallest absolute Gasteiger partial charge is 0.262 e. The number of nitrogens with one attached hydrogen (secondary N) is 2. The number of benzene rings is 1. The molecule has 1 atom stereocenters. The molecule has 0 radical (unpaired) electrons. The van der Waals surface area contributed by atoms with Crippen LogP contribution in [0.5, 0.6) is 11.5 Å². The molecule has 126 valence electrons. The molecule has 2 aliphatic rings. The molecule has 3 rings (SSSR count). The summed E-state index contributed by atoms with van der Waals surface area (Å²) in [5.41, 5.74) is 0.408.